The van der Waals surface area contributed by atoms with Crippen LogP contribution in [0.1, 0.15) is 19.8 Å². The molecule has 0 spiro atoms. The van der Waals surface area contributed by atoms with E-state index in [1.54, 1.807) is 0 Å². The standard InChI is InChI=1S/C8H13NO3/c1-2-3-5-12-8(10)7-9-4-6-11-7/h2-6H2,1H3. The quantitative estimate of drug-likeness (QED) is 0.463. The fourth-order valence-corrected chi connectivity index (χ4v) is 0.830. The van der Waals surface area contributed by atoms with Crippen molar-refractivity contribution >= 4 is 11.9 Å². The first kappa shape index (κ1) is 9.03. The average molecular weight is 171 g/mol. The number of esters is 1. The van der Waals surface area contributed by atoms with Crippen LogP contribution in [0.4, 0.5) is 0 Å². The van der Waals surface area contributed by atoms with Gasteiger partial charge in [-0.3, -0.25) is 0 Å². The largest absolute Gasteiger partial charge is 0.471 e. The third-order valence-corrected chi connectivity index (χ3v) is 1.49. The van der Waals surface area contributed by atoms with Crippen molar-refractivity contribution in [2.24, 2.45) is 4.99 Å². The maximum atomic E-state index is 11.0. The Balaban J connectivity index is 2.19. The minimum atomic E-state index is -0.430. The van der Waals surface area contributed by atoms with Crippen molar-refractivity contribution in [2.45, 2.75) is 19.8 Å². The molecule has 1 rings (SSSR count). The number of hydrogen-bond donors (Lipinski definition) is 0. The summed E-state index contributed by atoms with van der Waals surface area (Å²) in [4.78, 5) is 14.9. The van der Waals surface area contributed by atoms with Crippen LogP contribution in [0.2, 0.25) is 0 Å². The van der Waals surface area contributed by atoms with E-state index < -0.39 is 5.97 Å². The number of hydrogen-bond acceptors (Lipinski definition) is 4. The Kier molecular flexibility index (Phi) is 3.57. The van der Waals surface area contributed by atoms with E-state index in [0.717, 1.165) is 12.8 Å². The Morgan fingerprint density at radius 1 is 1.75 bits per heavy atom. The summed E-state index contributed by atoms with van der Waals surface area (Å²) in [6.45, 7) is 3.56. The van der Waals surface area contributed by atoms with Crippen LogP contribution < -0.4 is 0 Å². The molecule has 4 nitrogen and oxygen atoms in total. The molecule has 0 saturated heterocycles. The van der Waals surface area contributed by atoms with Crippen LogP contribution in [0.5, 0.6) is 0 Å². The number of carbonyl (C=O) groups excluding carboxylic acids is 1. The zero-order valence-electron chi connectivity index (χ0n) is 7.21. The molecule has 68 valence electrons. The van der Waals surface area contributed by atoms with Gasteiger partial charge in [0.1, 0.15) is 6.61 Å². The third-order valence-electron chi connectivity index (χ3n) is 1.49. The van der Waals surface area contributed by atoms with Gasteiger partial charge in [-0.05, 0) is 6.42 Å². The Hall–Kier alpha value is -1.06. The predicted octanol–water partition coefficient (Wildman–Crippen LogP) is 0.758. The smallest absolute Gasteiger partial charge is 0.393 e. The molecule has 1 heterocycles. The van der Waals surface area contributed by atoms with Crippen molar-refractivity contribution in [1.29, 1.82) is 0 Å². The van der Waals surface area contributed by atoms with Crippen molar-refractivity contribution in [2.75, 3.05) is 19.8 Å². The molecule has 1 aliphatic heterocycles. The summed E-state index contributed by atoms with van der Waals surface area (Å²) in [7, 11) is 0. The molecule has 1 aliphatic rings. The highest BCUT2D eigenvalue weighted by Gasteiger charge is 2.17. The summed E-state index contributed by atoms with van der Waals surface area (Å²) in [6.07, 6.45) is 1.90. The minimum Gasteiger partial charge on any atom is -0.471 e. The monoisotopic (exact) mass is 171 g/mol. The number of aliphatic imine (C=N–C) groups is 1. The van der Waals surface area contributed by atoms with Gasteiger partial charge in [0.2, 0.25) is 0 Å². The second kappa shape index (κ2) is 4.74. The zero-order valence-corrected chi connectivity index (χ0v) is 7.21. The van der Waals surface area contributed by atoms with E-state index in [2.05, 4.69) is 4.99 Å². The molecule has 0 saturated carbocycles. The van der Waals surface area contributed by atoms with Gasteiger partial charge in [-0.2, -0.15) is 0 Å². The van der Waals surface area contributed by atoms with Crippen LogP contribution in [-0.4, -0.2) is 31.6 Å². The molecule has 4 heteroatoms. The maximum absolute atomic E-state index is 11.0. The second-order valence-corrected chi connectivity index (χ2v) is 2.52. The summed E-state index contributed by atoms with van der Waals surface area (Å²) in [5.74, 6) is -0.299. The predicted molar refractivity (Wildman–Crippen MR) is 44.1 cm³/mol. The van der Waals surface area contributed by atoms with Crippen molar-refractivity contribution in [3.05, 3.63) is 0 Å². The van der Waals surface area contributed by atoms with E-state index in [-0.39, 0.29) is 5.90 Å². The van der Waals surface area contributed by atoms with Gasteiger partial charge in [-0.15, -0.1) is 0 Å². The van der Waals surface area contributed by atoms with Crippen molar-refractivity contribution in [3.8, 4) is 0 Å². The van der Waals surface area contributed by atoms with Crippen molar-refractivity contribution < 1.29 is 14.3 Å². The van der Waals surface area contributed by atoms with E-state index in [4.69, 9.17) is 9.47 Å². The van der Waals surface area contributed by atoms with Gasteiger partial charge in [-0.1, -0.05) is 13.3 Å². The lowest BCUT2D eigenvalue weighted by molar-refractivity contribution is -0.137. The Labute approximate surface area is 71.6 Å². The highest BCUT2D eigenvalue weighted by atomic mass is 16.6. The Morgan fingerprint density at radius 2 is 2.58 bits per heavy atom. The van der Waals surface area contributed by atoms with Crippen LogP contribution in [0.15, 0.2) is 4.99 Å². The van der Waals surface area contributed by atoms with Gasteiger partial charge in [0.05, 0.1) is 13.2 Å². The molecule has 0 aromatic rings. The molecule has 0 fully saturated rings. The SMILES string of the molecule is CCCCOC(=O)C1=NCCO1. The summed E-state index contributed by atoms with van der Waals surface area (Å²) < 4.78 is 9.79. The van der Waals surface area contributed by atoms with Gasteiger partial charge >= 0.3 is 5.97 Å². The summed E-state index contributed by atoms with van der Waals surface area (Å²) in [6, 6.07) is 0. The second-order valence-electron chi connectivity index (χ2n) is 2.52. The topological polar surface area (TPSA) is 47.9 Å². The van der Waals surface area contributed by atoms with Crippen LogP contribution in [-0.2, 0) is 14.3 Å². The van der Waals surface area contributed by atoms with Crippen molar-refractivity contribution in [3.63, 3.8) is 0 Å². The highest BCUT2D eigenvalue weighted by molar-refractivity contribution is 6.32. The number of carbonyl (C=O) groups is 1. The van der Waals surface area contributed by atoms with Crippen LogP contribution >= 0.6 is 0 Å². The van der Waals surface area contributed by atoms with Gasteiger partial charge < -0.3 is 9.47 Å². The van der Waals surface area contributed by atoms with Crippen LogP contribution in [0.25, 0.3) is 0 Å². The zero-order chi connectivity index (χ0) is 8.81. The molecule has 0 aliphatic carbocycles. The van der Waals surface area contributed by atoms with Gasteiger partial charge in [0.25, 0.3) is 5.90 Å². The van der Waals surface area contributed by atoms with Crippen LogP contribution in [0.3, 0.4) is 0 Å². The summed E-state index contributed by atoms with van der Waals surface area (Å²) >= 11 is 0. The van der Waals surface area contributed by atoms with Crippen molar-refractivity contribution in [1.82, 2.24) is 0 Å². The Morgan fingerprint density at radius 3 is 3.17 bits per heavy atom. The molecule has 0 aromatic carbocycles. The first-order chi connectivity index (χ1) is 5.84. The van der Waals surface area contributed by atoms with Crippen LogP contribution in [0, 0.1) is 0 Å². The molecule has 12 heavy (non-hydrogen) atoms. The lowest BCUT2D eigenvalue weighted by Crippen LogP contribution is -2.18. The molecule has 0 unspecified atom stereocenters. The van der Waals surface area contributed by atoms with E-state index >= 15 is 0 Å². The fourth-order valence-electron chi connectivity index (χ4n) is 0.830. The number of rotatable bonds is 4. The summed E-state index contributed by atoms with van der Waals surface area (Å²) in [5, 5.41) is 0. The van der Waals surface area contributed by atoms with Gasteiger partial charge in [0.15, 0.2) is 0 Å². The molecule has 0 aromatic heterocycles. The first-order valence-corrected chi connectivity index (χ1v) is 4.19. The minimum absolute atomic E-state index is 0.131. The van der Waals surface area contributed by atoms with E-state index in [9.17, 15) is 4.79 Å². The summed E-state index contributed by atoms with van der Waals surface area (Å²) in [5.41, 5.74) is 0. The lowest BCUT2D eigenvalue weighted by atomic mass is 10.4. The lowest BCUT2D eigenvalue weighted by Gasteiger charge is -2.02. The van der Waals surface area contributed by atoms with E-state index in [1.807, 2.05) is 6.92 Å². The molecular formula is C8H13NO3. The molecular weight excluding hydrogens is 158 g/mol. The molecule has 0 N–H and O–H groups in total. The van der Waals surface area contributed by atoms with Gasteiger partial charge in [-0.25, -0.2) is 9.79 Å². The highest BCUT2D eigenvalue weighted by Crippen LogP contribution is 1.97. The third kappa shape index (κ3) is 2.53. The first-order valence-electron chi connectivity index (χ1n) is 4.19. The fraction of sp³-hybridized carbons (Fsp3) is 0.750. The normalized spacial score (nSPS) is 15.2. The molecule has 0 amide bonds. The molecule has 0 atom stereocenters. The number of nitrogens with zero attached hydrogens (tertiary/aromatic N) is 1. The molecule has 0 bridgehead atoms. The number of ether oxygens (including phenoxy) is 2. The average Bonchev–Trinajstić information content (AvgIpc) is 2.56. The van der Waals surface area contributed by atoms with E-state index in [0.29, 0.717) is 19.8 Å². The van der Waals surface area contributed by atoms with Gasteiger partial charge in [0, 0.05) is 0 Å². The molecule has 0 radical (unpaired) electrons. The Bertz CT molecular complexity index is 189. The van der Waals surface area contributed by atoms with E-state index in [1.165, 1.54) is 0 Å². The maximum Gasteiger partial charge on any atom is 0.393 e. The number of unbranched alkanes of at least 4 members (excludes halogenated alkanes) is 1.